The van der Waals surface area contributed by atoms with Crippen molar-refractivity contribution >= 4 is 12.3 Å². The summed E-state index contributed by atoms with van der Waals surface area (Å²) in [7, 11) is 2.03. The highest BCUT2D eigenvalue weighted by molar-refractivity contribution is 5.69. The van der Waals surface area contributed by atoms with Crippen molar-refractivity contribution in [3.63, 3.8) is 0 Å². The average molecular weight is 283 g/mol. The molecule has 1 aliphatic rings. The first-order valence-corrected chi connectivity index (χ1v) is 8.17. The van der Waals surface area contributed by atoms with Gasteiger partial charge in [0.2, 0.25) is 13.1 Å². The zero-order valence-corrected chi connectivity index (χ0v) is 13.3. The largest absolute Gasteiger partial charge is 0.425 e. The van der Waals surface area contributed by atoms with Crippen molar-refractivity contribution in [2.75, 3.05) is 26.9 Å². The molecule has 0 spiro atoms. The lowest BCUT2D eigenvalue weighted by molar-refractivity contribution is -0.482. The number of carbonyl (C=O) groups is 1. The highest BCUT2D eigenvalue weighted by atomic mass is 16.5. The Hall–Kier alpha value is -1.06. The highest BCUT2D eigenvalue weighted by Gasteiger charge is 2.17. The molecule has 0 aromatic carbocycles. The molecule has 0 aliphatic carbocycles. The van der Waals surface area contributed by atoms with Gasteiger partial charge in [-0.3, -0.25) is 9.37 Å². The molecule has 4 heteroatoms. The molecular formula is C16H31N2O2+. The molecule has 0 fully saturated rings. The topological polar surface area (TPSA) is 32.5 Å². The standard InChI is InChI=1S/C16H31N2O2/c1-3-4-5-6-7-8-9-10-11-16(19)20-15-18-13-12-17(2)14-18/h14H,3-13,15H2,1-2H3/q+1. The fraction of sp³-hybridized carbons (Fsp3) is 0.875. The Kier molecular flexibility index (Phi) is 9.09. The van der Waals surface area contributed by atoms with E-state index in [-0.39, 0.29) is 5.97 Å². The summed E-state index contributed by atoms with van der Waals surface area (Å²) in [5.74, 6) is -0.0565. The molecule has 20 heavy (non-hydrogen) atoms. The smallest absolute Gasteiger partial charge is 0.308 e. The van der Waals surface area contributed by atoms with Crippen LogP contribution in [0.2, 0.25) is 0 Å². The second-order valence-electron chi connectivity index (χ2n) is 5.78. The van der Waals surface area contributed by atoms with Crippen LogP contribution in [0.25, 0.3) is 0 Å². The number of ether oxygens (including phenoxy) is 1. The fourth-order valence-electron chi connectivity index (χ4n) is 2.41. The average Bonchev–Trinajstić information content (AvgIpc) is 2.85. The van der Waals surface area contributed by atoms with Gasteiger partial charge in [-0.1, -0.05) is 51.9 Å². The first-order chi connectivity index (χ1) is 9.72. The first kappa shape index (κ1) is 17.0. The van der Waals surface area contributed by atoms with Crippen LogP contribution < -0.4 is 0 Å². The van der Waals surface area contributed by atoms with Gasteiger partial charge in [0.15, 0.2) is 0 Å². The number of esters is 1. The van der Waals surface area contributed by atoms with Crippen LogP contribution in [0, 0.1) is 0 Å². The quantitative estimate of drug-likeness (QED) is 0.332. The third-order valence-corrected chi connectivity index (χ3v) is 3.73. The highest BCUT2D eigenvalue weighted by Crippen LogP contribution is 2.10. The lowest BCUT2D eigenvalue weighted by atomic mass is 10.1. The number of rotatable bonds is 11. The van der Waals surface area contributed by atoms with E-state index in [2.05, 4.69) is 11.5 Å². The fourth-order valence-corrected chi connectivity index (χ4v) is 2.41. The minimum atomic E-state index is -0.0565. The summed E-state index contributed by atoms with van der Waals surface area (Å²) in [6, 6.07) is 0. The summed E-state index contributed by atoms with van der Waals surface area (Å²) in [5, 5.41) is 0. The van der Waals surface area contributed by atoms with Gasteiger partial charge in [-0.25, -0.2) is 4.90 Å². The first-order valence-electron chi connectivity index (χ1n) is 8.17. The second kappa shape index (κ2) is 10.7. The van der Waals surface area contributed by atoms with E-state index in [0.29, 0.717) is 13.2 Å². The minimum absolute atomic E-state index is 0.0565. The van der Waals surface area contributed by atoms with Crippen LogP contribution in [0.4, 0.5) is 0 Å². The summed E-state index contributed by atoms with van der Waals surface area (Å²) in [5.41, 5.74) is 0. The van der Waals surface area contributed by atoms with Gasteiger partial charge in [0.05, 0.1) is 7.05 Å². The molecule has 0 saturated heterocycles. The molecule has 0 saturated carbocycles. The molecule has 0 unspecified atom stereocenters. The maximum Gasteiger partial charge on any atom is 0.308 e. The Balaban J connectivity index is 1.88. The Bertz CT molecular complexity index is 303. The zero-order valence-electron chi connectivity index (χ0n) is 13.3. The lowest BCUT2D eigenvalue weighted by Crippen LogP contribution is -2.25. The van der Waals surface area contributed by atoms with Gasteiger partial charge < -0.3 is 4.74 Å². The molecule has 4 nitrogen and oxygen atoms in total. The predicted octanol–water partition coefficient (Wildman–Crippen LogP) is 3.00. The Labute approximate surface area is 123 Å². The van der Waals surface area contributed by atoms with E-state index in [0.717, 1.165) is 25.9 Å². The molecule has 0 amide bonds. The number of carbonyl (C=O) groups excluding carboxylic acids is 1. The normalized spacial score (nSPS) is 14.5. The maximum atomic E-state index is 11.6. The molecule has 0 bridgehead atoms. The van der Waals surface area contributed by atoms with E-state index < -0.39 is 0 Å². The number of unbranched alkanes of at least 4 members (excludes halogenated alkanes) is 7. The molecule has 1 aliphatic heterocycles. The van der Waals surface area contributed by atoms with Crippen LogP contribution in [0.15, 0.2) is 0 Å². The minimum Gasteiger partial charge on any atom is -0.425 e. The molecule has 0 N–H and O–H groups in total. The molecule has 1 rings (SSSR count). The molecule has 0 aromatic heterocycles. The van der Waals surface area contributed by atoms with Gasteiger partial charge >= 0.3 is 5.97 Å². The van der Waals surface area contributed by atoms with Crippen LogP contribution in [0.5, 0.6) is 0 Å². The summed E-state index contributed by atoms with van der Waals surface area (Å²) in [6.45, 7) is 4.60. The second-order valence-corrected chi connectivity index (χ2v) is 5.78. The van der Waals surface area contributed by atoms with E-state index in [1.807, 2.05) is 18.3 Å². The third-order valence-electron chi connectivity index (χ3n) is 3.73. The van der Waals surface area contributed by atoms with Crippen LogP contribution in [0.1, 0.15) is 64.7 Å². The van der Waals surface area contributed by atoms with Crippen molar-refractivity contribution in [3.8, 4) is 0 Å². The van der Waals surface area contributed by atoms with E-state index in [9.17, 15) is 4.79 Å². The van der Waals surface area contributed by atoms with Crippen LogP contribution in [-0.2, 0) is 9.53 Å². The van der Waals surface area contributed by atoms with Gasteiger partial charge in [0, 0.05) is 6.42 Å². The summed E-state index contributed by atoms with van der Waals surface area (Å²) in [6.07, 6.45) is 12.6. The molecule has 1 heterocycles. The van der Waals surface area contributed by atoms with Crippen LogP contribution in [-0.4, -0.2) is 48.7 Å². The van der Waals surface area contributed by atoms with Crippen molar-refractivity contribution < 1.29 is 14.1 Å². The molecule has 0 atom stereocenters. The van der Waals surface area contributed by atoms with Crippen molar-refractivity contribution in [1.82, 2.24) is 4.90 Å². The molecule has 0 aromatic rings. The van der Waals surface area contributed by atoms with E-state index in [1.54, 1.807) is 0 Å². The van der Waals surface area contributed by atoms with Crippen LogP contribution >= 0.6 is 0 Å². The van der Waals surface area contributed by atoms with Crippen molar-refractivity contribution in [3.05, 3.63) is 0 Å². The summed E-state index contributed by atoms with van der Waals surface area (Å²) < 4.78 is 7.37. The van der Waals surface area contributed by atoms with E-state index >= 15 is 0 Å². The van der Waals surface area contributed by atoms with Gasteiger partial charge in [0.1, 0.15) is 13.1 Å². The number of hydrogen-bond acceptors (Lipinski definition) is 3. The van der Waals surface area contributed by atoms with Crippen LogP contribution in [0.3, 0.4) is 0 Å². The monoisotopic (exact) mass is 283 g/mol. The molecule has 0 radical (unpaired) electrons. The lowest BCUT2D eigenvalue weighted by Gasteiger charge is -2.07. The third kappa shape index (κ3) is 8.18. The number of hydrogen-bond donors (Lipinski definition) is 0. The van der Waals surface area contributed by atoms with Crippen molar-refractivity contribution in [1.29, 1.82) is 0 Å². The number of nitrogens with zero attached hydrogens (tertiary/aromatic N) is 2. The van der Waals surface area contributed by atoms with Crippen molar-refractivity contribution in [2.45, 2.75) is 64.7 Å². The van der Waals surface area contributed by atoms with E-state index in [1.165, 1.54) is 38.5 Å². The predicted molar refractivity (Wildman–Crippen MR) is 82.0 cm³/mol. The maximum absolute atomic E-state index is 11.6. The Morgan fingerprint density at radius 3 is 2.40 bits per heavy atom. The van der Waals surface area contributed by atoms with Crippen molar-refractivity contribution in [2.24, 2.45) is 0 Å². The number of likely N-dealkylation sites (N-methyl/N-ethyl adjacent to an activating group) is 1. The van der Waals surface area contributed by atoms with E-state index in [4.69, 9.17) is 4.74 Å². The van der Waals surface area contributed by atoms with Gasteiger partial charge in [-0.05, 0) is 6.42 Å². The Morgan fingerprint density at radius 1 is 1.15 bits per heavy atom. The molecular weight excluding hydrogens is 252 g/mol. The summed E-state index contributed by atoms with van der Waals surface area (Å²) >= 11 is 0. The SMILES string of the molecule is CCCCCCCCCCC(=O)OCN1C=[N+](C)CC1. The molecule has 116 valence electrons. The van der Waals surface area contributed by atoms with Gasteiger partial charge in [-0.15, -0.1) is 0 Å². The Morgan fingerprint density at radius 2 is 1.80 bits per heavy atom. The summed E-state index contributed by atoms with van der Waals surface area (Å²) in [4.78, 5) is 13.6. The van der Waals surface area contributed by atoms with Gasteiger partial charge in [0.25, 0.3) is 0 Å². The van der Waals surface area contributed by atoms with Gasteiger partial charge in [-0.2, -0.15) is 0 Å². The zero-order chi connectivity index (χ0) is 14.6.